The van der Waals surface area contributed by atoms with E-state index in [0.29, 0.717) is 27.8 Å². The smallest absolute Gasteiger partial charge is 0.336 e. The van der Waals surface area contributed by atoms with Gasteiger partial charge in [-0.15, -0.1) is 22.7 Å². The number of benzene rings is 2. The van der Waals surface area contributed by atoms with Crippen LogP contribution in [0.4, 0.5) is 0 Å². The molecular weight excluding hydrogens is 688 g/mol. The average Bonchev–Trinajstić information content (AvgIpc) is 3.70. The first kappa shape index (κ1) is 35.5. The quantitative estimate of drug-likeness (QED) is 0.183. The summed E-state index contributed by atoms with van der Waals surface area (Å²) >= 11 is 9.42. The average molecular weight is 727 g/mol. The normalized spacial score (nSPS) is 19.3. The molecule has 7 rings (SSSR count). The Hall–Kier alpha value is -4.31. The standard InChI is InChI=1S/C21H21NO2S.C19H18ClNO3S/c1-11-18(12(2)23)20(16-10-25-17-7-5-4-6-15(16)17)19(13(3)24)21(22-11)14-8-9-14;1-9-16(11(3)22)18(17(10(2)21-9)19(23)24-4)14-8-25-15-6-5-12(20)7-13(14)15/h4-7,10,14,20,22H,8-9H2,1-3H3;5-8,18,21H,1-4H3. The summed E-state index contributed by atoms with van der Waals surface area (Å²) in [6.07, 6.45) is 2.22. The van der Waals surface area contributed by atoms with Gasteiger partial charge in [0.25, 0.3) is 0 Å². The Bertz CT molecular complexity index is 2230. The second kappa shape index (κ2) is 14.1. The summed E-state index contributed by atoms with van der Waals surface area (Å²) in [7, 11) is 1.35. The van der Waals surface area contributed by atoms with E-state index in [2.05, 4.69) is 28.1 Å². The second-order valence-corrected chi connectivity index (χ2v) is 15.3. The van der Waals surface area contributed by atoms with Crippen LogP contribution in [-0.2, 0) is 23.9 Å². The minimum Gasteiger partial charge on any atom is -0.466 e. The largest absolute Gasteiger partial charge is 0.466 e. The number of ether oxygens (including phenoxy) is 1. The number of allylic oxidation sites excluding steroid dienone is 7. The van der Waals surface area contributed by atoms with E-state index in [-0.39, 0.29) is 23.3 Å². The lowest BCUT2D eigenvalue weighted by Gasteiger charge is -2.31. The summed E-state index contributed by atoms with van der Waals surface area (Å²) in [5, 5.41) is 13.4. The molecule has 10 heteroatoms. The maximum Gasteiger partial charge on any atom is 0.336 e. The zero-order chi connectivity index (χ0) is 36.0. The number of carbonyl (C=O) groups excluding carboxylic acids is 4. The predicted molar refractivity (Wildman–Crippen MR) is 202 cm³/mol. The number of fused-ring (bicyclic) bond motifs is 2. The summed E-state index contributed by atoms with van der Waals surface area (Å²) in [6.45, 7) is 10.4. The van der Waals surface area contributed by atoms with Gasteiger partial charge in [-0.1, -0.05) is 29.8 Å². The van der Waals surface area contributed by atoms with Gasteiger partial charge < -0.3 is 15.4 Å². The molecule has 2 aromatic heterocycles. The lowest BCUT2D eigenvalue weighted by molar-refractivity contribution is -0.136. The van der Waals surface area contributed by atoms with Gasteiger partial charge in [0.2, 0.25) is 0 Å². The molecular formula is C40H39ClN2O5S2. The maximum atomic E-state index is 12.6. The second-order valence-electron chi connectivity index (χ2n) is 13.0. The number of methoxy groups -OCH3 is 1. The van der Waals surface area contributed by atoms with Crippen LogP contribution in [0, 0.1) is 5.92 Å². The monoisotopic (exact) mass is 726 g/mol. The molecule has 1 saturated carbocycles. The van der Waals surface area contributed by atoms with Crippen molar-refractivity contribution in [1.82, 2.24) is 10.6 Å². The van der Waals surface area contributed by atoms with Crippen molar-refractivity contribution in [3.05, 3.63) is 114 Å². The number of dihydropyridines is 2. The number of hydrogen-bond acceptors (Lipinski definition) is 9. The van der Waals surface area contributed by atoms with Gasteiger partial charge in [0.15, 0.2) is 17.3 Å². The molecule has 2 aliphatic heterocycles. The van der Waals surface area contributed by atoms with E-state index < -0.39 is 11.9 Å². The molecule has 0 bridgehead atoms. The maximum absolute atomic E-state index is 12.6. The van der Waals surface area contributed by atoms with Crippen LogP contribution in [-0.4, -0.2) is 30.4 Å². The summed E-state index contributed by atoms with van der Waals surface area (Å²) in [6, 6.07) is 13.9. The highest BCUT2D eigenvalue weighted by Crippen LogP contribution is 2.48. The van der Waals surface area contributed by atoms with Gasteiger partial charge >= 0.3 is 5.97 Å². The molecule has 4 heterocycles. The van der Waals surface area contributed by atoms with Gasteiger partial charge in [0.05, 0.1) is 12.7 Å². The molecule has 0 amide bonds. The Balaban J connectivity index is 0.000000173. The van der Waals surface area contributed by atoms with Crippen LogP contribution in [0.1, 0.15) is 77.3 Å². The highest BCUT2D eigenvalue weighted by atomic mass is 35.5. The number of esters is 1. The molecule has 0 saturated heterocycles. The van der Waals surface area contributed by atoms with Crippen LogP contribution in [0.5, 0.6) is 0 Å². The van der Waals surface area contributed by atoms with Crippen molar-refractivity contribution in [1.29, 1.82) is 0 Å². The fourth-order valence-electron chi connectivity index (χ4n) is 7.34. The molecule has 50 heavy (non-hydrogen) atoms. The number of nitrogens with one attached hydrogen (secondary N) is 2. The molecule has 1 fully saturated rings. The Labute approximate surface area is 304 Å². The third-order valence-corrected chi connectivity index (χ3v) is 11.8. The van der Waals surface area contributed by atoms with E-state index in [4.69, 9.17) is 16.3 Å². The molecule has 3 aliphatic rings. The molecule has 0 radical (unpaired) electrons. The van der Waals surface area contributed by atoms with Crippen molar-refractivity contribution < 1.29 is 23.9 Å². The third-order valence-electron chi connectivity index (χ3n) is 9.58. The van der Waals surface area contributed by atoms with Crippen molar-refractivity contribution >= 4 is 77.8 Å². The van der Waals surface area contributed by atoms with E-state index in [1.165, 1.54) is 18.7 Å². The number of carbonyl (C=O) groups is 4. The zero-order valence-electron chi connectivity index (χ0n) is 29.1. The molecule has 2 N–H and O–H groups in total. The molecule has 2 aromatic carbocycles. The van der Waals surface area contributed by atoms with Gasteiger partial charge in [-0.25, -0.2) is 4.79 Å². The van der Waals surface area contributed by atoms with E-state index in [9.17, 15) is 19.2 Å². The van der Waals surface area contributed by atoms with Gasteiger partial charge in [-0.2, -0.15) is 0 Å². The molecule has 2 atom stereocenters. The number of halogens is 1. The van der Waals surface area contributed by atoms with Crippen molar-refractivity contribution in [3.8, 4) is 0 Å². The molecule has 1 aliphatic carbocycles. The van der Waals surface area contributed by atoms with Crippen LogP contribution < -0.4 is 10.6 Å². The van der Waals surface area contributed by atoms with Gasteiger partial charge in [-0.05, 0) is 117 Å². The SMILES string of the molecule is CC(=O)C1=C(C)NC(C2CC2)=C(C(C)=O)C1c1csc2ccccc12.COC(=O)C1=C(C)NC(C)=C(C(C)=O)C1c1csc2ccc(Cl)cc12. The van der Waals surface area contributed by atoms with Gasteiger partial charge in [-0.3, -0.25) is 14.4 Å². The fourth-order valence-corrected chi connectivity index (χ4v) is 9.46. The van der Waals surface area contributed by atoms with Gasteiger partial charge in [0, 0.05) is 65.8 Å². The first-order chi connectivity index (χ1) is 23.8. The Morgan fingerprint density at radius 3 is 1.80 bits per heavy atom. The van der Waals surface area contributed by atoms with E-state index in [1.807, 2.05) is 56.5 Å². The molecule has 7 nitrogen and oxygen atoms in total. The minimum atomic E-state index is -0.474. The Kier molecular flexibility index (Phi) is 10.0. The first-order valence-electron chi connectivity index (χ1n) is 16.5. The summed E-state index contributed by atoms with van der Waals surface area (Å²) < 4.78 is 7.24. The van der Waals surface area contributed by atoms with Crippen LogP contribution in [0.25, 0.3) is 20.2 Å². The molecule has 258 valence electrons. The lowest BCUT2D eigenvalue weighted by Crippen LogP contribution is -2.31. The Morgan fingerprint density at radius 2 is 1.22 bits per heavy atom. The van der Waals surface area contributed by atoms with Gasteiger partial charge in [0.1, 0.15) is 0 Å². The van der Waals surface area contributed by atoms with Crippen LogP contribution in [0.15, 0.2) is 98.3 Å². The topological polar surface area (TPSA) is 102 Å². The highest BCUT2D eigenvalue weighted by Gasteiger charge is 2.41. The van der Waals surface area contributed by atoms with Crippen LogP contribution >= 0.6 is 34.3 Å². The van der Waals surface area contributed by atoms with Crippen molar-refractivity contribution in [2.45, 2.75) is 66.2 Å². The number of thiophene rings is 2. The van der Waals surface area contributed by atoms with E-state index >= 15 is 0 Å². The molecule has 2 unspecified atom stereocenters. The van der Waals surface area contributed by atoms with Crippen LogP contribution in [0.2, 0.25) is 5.02 Å². The van der Waals surface area contributed by atoms with Crippen molar-refractivity contribution in [3.63, 3.8) is 0 Å². The zero-order valence-corrected chi connectivity index (χ0v) is 31.5. The predicted octanol–water partition coefficient (Wildman–Crippen LogP) is 9.26. The highest BCUT2D eigenvalue weighted by molar-refractivity contribution is 7.17. The molecule has 4 aromatic rings. The summed E-state index contributed by atoms with van der Waals surface area (Å²) in [5.41, 5.74) is 7.88. The number of ketones is 3. The fraction of sp³-hybridized carbons (Fsp3) is 0.300. The van der Waals surface area contributed by atoms with E-state index in [0.717, 1.165) is 67.7 Å². The summed E-state index contributed by atoms with van der Waals surface area (Å²) in [4.78, 5) is 50.0. The molecule has 0 spiro atoms. The lowest BCUT2D eigenvalue weighted by atomic mass is 9.77. The Morgan fingerprint density at radius 1 is 0.700 bits per heavy atom. The number of rotatable bonds is 7. The van der Waals surface area contributed by atoms with Crippen molar-refractivity contribution in [2.75, 3.05) is 7.11 Å². The minimum absolute atomic E-state index is 0.0267. The van der Waals surface area contributed by atoms with E-state index in [1.54, 1.807) is 36.5 Å². The number of hydrogen-bond donors (Lipinski definition) is 2. The van der Waals surface area contributed by atoms with Crippen LogP contribution in [0.3, 0.4) is 0 Å². The summed E-state index contributed by atoms with van der Waals surface area (Å²) in [5.74, 6) is -0.746. The van der Waals surface area contributed by atoms with Crippen molar-refractivity contribution in [2.24, 2.45) is 5.92 Å². The third kappa shape index (κ3) is 6.50. The number of Topliss-reactive ketones (excluding diaryl/α,β-unsaturated/α-hetero) is 3. The first-order valence-corrected chi connectivity index (χ1v) is 18.6.